The zero-order valence-corrected chi connectivity index (χ0v) is 17.2. The van der Waals surface area contributed by atoms with E-state index >= 15 is 0 Å². The Morgan fingerprint density at radius 3 is 2.90 bits per heavy atom. The number of para-hydroxylation sites is 1. The summed E-state index contributed by atoms with van der Waals surface area (Å²) >= 11 is 0. The second-order valence-corrected chi connectivity index (χ2v) is 7.99. The summed E-state index contributed by atoms with van der Waals surface area (Å²) in [6.07, 6.45) is 4.30. The Labute approximate surface area is 172 Å². The smallest absolute Gasteiger partial charge is 0.245 e. The number of carbonyl (C=O) groups excluding carboxylic acids is 1. The van der Waals surface area contributed by atoms with Crippen molar-refractivity contribution in [2.24, 2.45) is 0 Å². The van der Waals surface area contributed by atoms with Gasteiger partial charge in [0.05, 0.1) is 24.8 Å². The molecule has 0 spiro atoms. The molecule has 2 aromatic rings. The second kappa shape index (κ2) is 8.30. The first-order valence-corrected chi connectivity index (χ1v) is 10.4. The van der Waals surface area contributed by atoms with Crippen LogP contribution < -0.4 is 10.2 Å². The van der Waals surface area contributed by atoms with E-state index in [-0.39, 0.29) is 18.6 Å². The maximum absolute atomic E-state index is 13.0. The number of amides is 1. The first-order chi connectivity index (χ1) is 14.1. The van der Waals surface area contributed by atoms with Crippen LogP contribution in [0.3, 0.4) is 0 Å². The van der Waals surface area contributed by atoms with Crippen LogP contribution in [0.1, 0.15) is 41.6 Å². The molecule has 152 valence electrons. The van der Waals surface area contributed by atoms with Crippen LogP contribution >= 0.6 is 0 Å². The molecule has 6 heteroatoms. The molecule has 4 rings (SSSR count). The quantitative estimate of drug-likeness (QED) is 0.845. The molecule has 29 heavy (non-hydrogen) atoms. The number of anilines is 2. The van der Waals surface area contributed by atoms with Crippen molar-refractivity contribution < 1.29 is 9.53 Å². The summed E-state index contributed by atoms with van der Waals surface area (Å²) in [6.45, 7) is 6.54. The average molecular weight is 393 g/mol. The number of aromatic nitrogens is 1. The van der Waals surface area contributed by atoms with Crippen molar-refractivity contribution in [3.8, 4) is 6.07 Å². The maximum Gasteiger partial charge on any atom is 0.245 e. The van der Waals surface area contributed by atoms with E-state index in [9.17, 15) is 10.1 Å². The predicted molar refractivity (Wildman–Crippen MR) is 113 cm³/mol. The third-order valence-corrected chi connectivity index (χ3v) is 6.15. The number of carbonyl (C=O) groups is 1. The van der Waals surface area contributed by atoms with Crippen LogP contribution in [0.15, 0.2) is 24.3 Å². The van der Waals surface area contributed by atoms with E-state index in [0.29, 0.717) is 17.9 Å². The molecule has 1 fully saturated rings. The van der Waals surface area contributed by atoms with Crippen molar-refractivity contribution in [1.29, 1.82) is 5.26 Å². The molecular formula is C23H28N4O2. The number of benzene rings is 1. The van der Waals surface area contributed by atoms with Crippen LogP contribution in [0.5, 0.6) is 0 Å². The molecular weight excluding hydrogens is 364 g/mol. The van der Waals surface area contributed by atoms with E-state index in [0.717, 1.165) is 55.8 Å². The molecule has 3 heterocycles. The lowest BCUT2D eigenvalue weighted by atomic mass is 10.0. The van der Waals surface area contributed by atoms with E-state index < -0.39 is 0 Å². The summed E-state index contributed by atoms with van der Waals surface area (Å²) in [4.78, 5) is 15.1. The summed E-state index contributed by atoms with van der Waals surface area (Å²) in [6, 6.07) is 10.6. The Balaban J connectivity index is 1.55. The average Bonchev–Trinajstić information content (AvgIpc) is 3.31. The first-order valence-electron chi connectivity index (χ1n) is 10.4. The van der Waals surface area contributed by atoms with Gasteiger partial charge in [0.2, 0.25) is 5.91 Å². The molecule has 1 N–H and O–H groups in total. The number of hydrogen-bond donors (Lipinski definition) is 1. The Morgan fingerprint density at radius 1 is 1.31 bits per heavy atom. The van der Waals surface area contributed by atoms with Crippen molar-refractivity contribution in [3.63, 3.8) is 0 Å². The molecule has 0 radical (unpaired) electrons. The number of hydrogen-bond acceptors (Lipinski definition) is 4. The van der Waals surface area contributed by atoms with Crippen molar-refractivity contribution in [1.82, 2.24) is 4.57 Å². The number of ether oxygens (including phenoxy) is 1. The molecule has 2 aliphatic heterocycles. The topological polar surface area (TPSA) is 70.3 Å². The summed E-state index contributed by atoms with van der Waals surface area (Å²) in [7, 11) is 0. The highest BCUT2D eigenvalue weighted by atomic mass is 16.5. The highest BCUT2D eigenvalue weighted by Crippen LogP contribution is 2.29. The molecule has 6 nitrogen and oxygen atoms in total. The van der Waals surface area contributed by atoms with Crippen LogP contribution in [-0.2, 0) is 22.5 Å². The van der Waals surface area contributed by atoms with Crippen LogP contribution in [0.4, 0.5) is 11.5 Å². The highest BCUT2D eigenvalue weighted by Gasteiger charge is 2.25. The lowest BCUT2D eigenvalue weighted by Crippen LogP contribution is -2.37. The van der Waals surface area contributed by atoms with Crippen molar-refractivity contribution in [3.05, 3.63) is 46.6 Å². The SMILES string of the molecule is Cc1c(C#N)c(NC(=O)CN2CCCc3ccccc32)n(C[C@@H]2CCCO2)c1C. The molecule has 0 unspecified atom stereocenters. The van der Waals surface area contributed by atoms with E-state index in [1.165, 1.54) is 5.56 Å². The zero-order chi connectivity index (χ0) is 20.4. The number of nitrogens with one attached hydrogen (secondary N) is 1. The van der Waals surface area contributed by atoms with E-state index in [4.69, 9.17) is 4.74 Å². The fourth-order valence-corrected chi connectivity index (χ4v) is 4.47. The summed E-state index contributed by atoms with van der Waals surface area (Å²) in [5, 5.41) is 12.8. The summed E-state index contributed by atoms with van der Waals surface area (Å²) in [5.41, 5.74) is 4.90. The van der Waals surface area contributed by atoms with Crippen molar-refractivity contribution in [2.45, 2.75) is 52.2 Å². The molecule has 1 aromatic heterocycles. The van der Waals surface area contributed by atoms with E-state index in [1.54, 1.807) is 0 Å². The molecule has 1 aromatic carbocycles. The number of nitrogens with zero attached hydrogens (tertiary/aromatic N) is 3. The minimum atomic E-state index is -0.0932. The molecule has 0 bridgehead atoms. The van der Waals surface area contributed by atoms with Gasteiger partial charge in [-0.2, -0.15) is 5.26 Å². The Bertz CT molecular complexity index is 951. The standard InChI is InChI=1S/C23H28N4O2/c1-16-17(2)27(14-19-9-6-12-29-19)23(20(16)13-24)25-22(28)15-26-11-5-8-18-7-3-4-10-21(18)26/h3-4,7,10,19H,5-6,8-9,11-12,14-15H2,1-2H3,(H,25,28)/t19-/m0/s1. The predicted octanol–water partition coefficient (Wildman–Crippen LogP) is 3.55. The normalized spacial score (nSPS) is 18.4. The molecule has 0 aliphatic carbocycles. The Morgan fingerprint density at radius 2 is 2.14 bits per heavy atom. The molecule has 1 saturated heterocycles. The minimum absolute atomic E-state index is 0.0932. The van der Waals surface area contributed by atoms with Gasteiger partial charge in [-0.05, 0) is 56.7 Å². The van der Waals surface area contributed by atoms with Gasteiger partial charge >= 0.3 is 0 Å². The largest absolute Gasteiger partial charge is 0.376 e. The molecule has 2 aliphatic rings. The minimum Gasteiger partial charge on any atom is -0.376 e. The fourth-order valence-electron chi connectivity index (χ4n) is 4.47. The number of aryl methyl sites for hydroxylation is 1. The molecule has 0 saturated carbocycles. The number of fused-ring (bicyclic) bond motifs is 1. The summed E-state index contributed by atoms with van der Waals surface area (Å²) < 4.78 is 7.84. The van der Waals surface area contributed by atoms with Gasteiger partial charge in [-0.15, -0.1) is 0 Å². The number of nitriles is 1. The number of rotatable bonds is 5. The third-order valence-electron chi connectivity index (χ3n) is 6.15. The van der Waals surface area contributed by atoms with Gasteiger partial charge in [0.25, 0.3) is 0 Å². The van der Waals surface area contributed by atoms with E-state index in [2.05, 4.69) is 28.4 Å². The van der Waals surface area contributed by atoms with Crippen LogP contribution in [0.25, 0.3) is 0 Å². The monoisotopic (exact) mass is 392 g/mol. The third kappa shape index (κ3) is 3.88. The van der Waals surface area contributed by atoms with Crippen LogP contribution in [-0.4, -0.2) is 36.3 Å². The van der Waals surface area contributed by atoms with E-state index in [1.807, 2.05) is 30.5 Å². The maximum atomic E-state index is 13.0. The van der Waals surface area contributed by atoms with Crippen LogP contribution in [0, 0.1) is 25.2 Å². The van der Waals surface area contributed by atoms with Gasteiger partial charge in [-0.25, -0.2) is 0 Å². The van der Waals surface area contributed by atoms with Gasteiger partial charge in [0, 0.05) is 24.5 Å². The Kier molecular flexibility index (Phi) is 5.59. The van der Waals surface area contributed by atoms with Gasteiger partial charge in [0.1, 0.15) is 11.9 Å². The first kappa shape index (κ1) is 19.5. The second-order valence-electron chi connectivity index (χ2n) is 7.99. The fraction of sp³-hybridized carbons (Fsp3) is 0.478. The van der Waals surface area contributed by atoms with Crippen LogP contribution in [0.2, 0.25) is 0 Å². The Hall–Kier alpha value is -2.78. The lowest BCUT2D eigenvalue weighted by molar-refractivity contribution is -0.115. The molecule has 1 amide bonds. The lowest BCUT2D eigenvalue weighted by Gasteiger charge is -2.30. The van der Waals surface area contributed by atoms with Gasteiger partial charge < -0.3 is 19.5 Å². The van der Waals surface area contributed by atoms with Crippen molar-refractivity contribution >= 4 is 17.4 Å². The summed E-state index contributed by atoms with van der Waals surface area (Å²) in [5.74, 6) is 0.512. The van der Waals surface area contributed by atoms with Gasteiger partial charge in [0.15, 0.2) is 0 Å². The van der Waals surface area contributed by atoms with Gasteiger partial charge in [-0.1, -0.05) is 18.2 Å². The molecule has 1 atom stereocenters. The highest BCUT2D eigenvalue weighted by molar-refractivity contribution is 5.95. The van der Waals surface area contributed by atoms with Crippen molar-refractivity contribution in [2.75, 3.05) is 29.9 Å². The van der Waals surface area contributed by atoms with Gasteiger partial charge in [-0.3, -0.25) is 4.79 Å². The zero-order valence-electron chi connectivity index (χ0n) is 17.2.